The number of benzene rings is 1. The summed E-state index contributed by atoms with van der Waals surface area (Å²) >= 11 is 0. The van der Waals surface area contributed by atoms with E-state index >= 15 is 0 Å². The van der Waals surface area contributed by atoms with Gasteiger partial charge < -0.3 is 21.3 Å². The highest BCUT2D eigenvalue weighted by atomic mass is 16.4. The number of rotatable bonds is 3. The number of hydrogen-bond donors (Lipinski definition) is 5. The van der Waals surface area contributed by atoms with E-state index in [4.69, 9.17) is 10.8 Å². The molecule has 0 fully saturated rings. The zero-order valence-corrected chi connectivity index (χ0v) is 9.41. The second kappa shape index (κ2) is 4.64. The molecule has 0 aliphatic heterocycles. The number of carboxylic acids is 1. The quantitative estimate of drug-likeness (QED) is 0.490. The number of nitrogens with one attached hydrogen (secondary N) is 2. The first kappa shape index (κ1) is 12.4. The maximum Gasteiger partial charge on any atom is 0.339 e. The van der Waals surface area contributed by atoms with Gasteiger partial charge in [-0.05, 0) is 18.2 Å². The summed E-state index contributed by atoms with van der Waals surface area (Å²) in [5.41, 5.74) is 5.12. The summed E-state index contributed by atoms with van der Waals surface area (Å²) in [6.45, 7) is 0. The van der Waals surface area contributed by atoms with E-state index in [1.165, 1.54) is 6.07 Å². The summed E-state index contributed by atoms with van der Waals surface area (Å²) in [6.07, 6.45) is 0. The molecule has 0 aliphatic rings. The smallest absolute Gasteiger partial charge is 0.339 e. The molecule has 2 aromatic rings. The number of phenols is 1. The van der Waals surface area contributed by atoms with Crippen molar-refractivity contribution in [1.29, 1.82) is 0 Å². The number of aromatic nitrogens is 3. The monoisotopic (exact) mass is 263 g/mol. The Labute approximate surface area is 106 Å². The molecule has 19 heavy (non-hydrogen) atoms. The van der Waals surface area contributed by atoms with Gasteiger partial charge in [-0.15, -0.1) is 5.10 Å². The van der Waals surface area contributed by atoms with Crippen LogP contribution in [0.5, 0.6) is 5.75 Å². The highest BCUT2D eigenvalue weighted by molar-refractivity contribution is 6.02. The van der Waals surface area contributed by atoms with Crippen LogP contribution in [0, 0.1) is 0 Å². The molecule has 0 aliphatic carbocycles. The number of anilines is 2. The molecule has 1 heterocycles. The highest BCUT2D eigenvalue weighted by Gasteiger charge is 2.14. The van der Waals surface area contributed by atoms with Crippen molar-refractivity contribution in [3.8, 4) is 5.75 Å². The Morgan fingerprint density at radius 1 is 1.37 bits per heavy atom. The van der Waals surface area contributed by atoms with Gasteiger partial charge in [0.25, 0.3) is 5.91 Å². The van der Waals surface area contributed by atoms with E-state index in [9.17, 15) is 14.7 Å². The molecule has 1 aromatic carbocycles. The lowest BCUT2D eigenvalue weighted by molar-refractivity contribution is 0.0693. The van der Waals surface area contributed by atoms with E-state index < -0.39 is 17.6 Å². The molecule has 1 aromatic heterocycles. The third kappa shape index (κ3) is 2.60. The lowest BCUT2D eigenvalue weighted by Crippen LogP contribution is -2.14. The van der Waals surface area contributed by atoms with Gasteiger partial charge in [0.05, 0.1) is 0 Å². The van der Waals surface area contributed by atoms with Crippen molar-refractivity contribution in [1.82, 2.24) is 15.2 Å². The second-order valence-electron chi connectivity index (χ2n) is 3.53. The van der Waals surface area contributed by atoms with E-state index in [2.05, 4.69) is 20.5 Å². The minimum absolute atomic E-state index is 0.0814. The first-order valence-electron chi connectivity index (χ1n) is 5.03. The molecule has 0 atom stereocenters. The van der Waals surface area contributed by atoms with Crippen molar-refractivity contribution < 1.29 is 19.8 Å². The maximum atomic E-state index is 11.7. The van der Waals surface area contributed by atoms with Gasteiger partial charge in [0.15, 0.2) is 0 Å². The number of carbonyl (C=O) groups excluding carboxylic acids is 1. The predicted octanol–water partition coefficient (Wildman–Crippen LogP) is 0.0430. The third-order valence-corrected chi connectivity index (χ3v) is 2.20. The van der Waals surface area contributed by atoms with Crippen molar-refractivity contribution in [2.45, 2.75) is 0 Å². The number of aromatic carboxylic acids is 1. The van der Waals surface area contributed by atoms with Gasteiger partial charge in [-0.2, -0.15) is 4.98 Å². The third-order valence-electron chi connectivity index (χ3n) is 2.20. The Morgan fingerprint density at radius 2 is 2.11 bits per heavy atom. The zero-order valence-electron chi connectivity index (χ0n) is 9.41. The molecule has 9 heteroatoms. The fraction of sp³-hybridized carbons (Fsp3) is 0. The van der Waals surface area contributed by atoms with E-state index in [0.717, 1.165) is 12.1 Å². The van der Waals surface area contributed by atoms with Crippen molar-refractivity contribution in [3.63, 3.8) is 0 Å². The lowest BCUT2D eigenvalue weighted by atomic mass is 10.2. The zero-order chi connectivity index (χ0) is 14.0. The number of amides is 1. The van der Waals surface area contributed by atoms with Crippen LogP contribution in [-0.4, -0.2) is 37.3 Å². The number of aromatic hydroxyl groups is 1. The van der Waals surface area contributed by atoms with Gasteiger partial charge >= 0.3 is 5.97 Å². The molecular weight excluding hydrogens is 254 g/mol. The number of nitrogens with zero attached hydrogens (tertiary/aromatic N) is 2. The lowest BCUT2D eigenvalue weighted by Gasteiger charge is -2.05. The number of nitrogen functional groups attached to an aromatic ring is 1. The number of H-pyrrole nitrogens is 1. The standard InChI is InChI=1S/C10H9N5O4/c11-10-13-7(14-15-10)8(17)12-4-1-2-6(16)5(3-4)9(18)19/h1-3,16H,(H,12,17)(H,18,19)(H3,11,13,14,15). The van der Waals surface area contributed by atoms with Crippen molar-refractivity contribution in [2.75, 3.05) is 11.1 Å². The van der Waals surface area contributed by atoms with Gasteiger partial charge in [0.2, 0.25) is 11.8 Å². The van der Waals surface area contributed by atoms with Crippen LogP contribution >= 0.6 is 0 Å². The van der Waals surface area contributed by atoms with Crippen molar-refractivity contribution in [2.24, 2.45) is 0 Å². The molecule has 98 valence electrons. The van der Waals surface area contributed by atoms with Gasteiger partial charge in [-0.1, -0.05) is 0 Å². The van der Waals surface area contributed by atoms with Crippen molar-refractivity contribution in [3.05, 3.63) is 29.6 Å². The summed E-state index contributed by atoms with van der Waals surface area (Å²) in [7, 11) is 0. The van der Waals surface area contributed by atoms with Crippen molar-refractivity contribution >= 4 is 23.5 Å². The van der Waals surface area contributed by atoms with Crippen LogP contribution in [0.15, 0.2) is 18.2 Å². The molecule has 0 radical (unpaired) electrons. The second-order valence-corrected chi connectivity index (χ2v) is 3.53. The number of carbonyl (C=O) groups is 2. The number of nitrogens with two attached hydrogens (primary N) is 1. The van der Waals surface area contributed by atoms with Crippen LogP contribution in [0.3, 0.4) is 0 Å². The molecule has 0 unspecified atom stereocenters. The summed E-state index contributed by atoms with van der Waals surface area (Å²) in [6, 6.07) is 3.63. The Kier molecular flexibility index (Phi) is 3.02. The minimum Gasteiger partial charge on any atom is -0.507 e. The SMILES string of the molecule is Nc1n[nH]c(C(=O)Nc2ccc(O)c(C(=O)O)c2)n1. The Balaban J connectivity index is 2.22. The molecule has 9 nitrogen and oxygen atoms in total. The molecule has 6 N–H and O–H groups in total. The topological polar surface area (TPSA) is 154 Å². The Morgan fingerprint density at radius 3 is 2.68 bits per heavy atom. The van der Waals surface area contributed by atoms with E-state index in [-0.39, 0.29) is 23.0 Å². The maximum absolute atomic E-state index is 11.7. The molecule has 2 rings (SSSR count). The largest absolute Gasteiger partial charge is 0.507 e. The normalized spacial score (nSPS) is 10.1. The Hall–Kier alpha value is -3.10. The molecule has 0 saturated carbocycles. The first-order valence-corrected chi connectivity index (χ1v) is 5.03. The summed E-state index contributed by atoms with van der Waals surface area (Å²) < 4.78 is 0. The average molecular weight is 263 g/mol. The number of carboxylic acid groups (broad SMARTS) is 1. The molecule has 0 saturated heterocycles. The summed E-state index contributed by atoms with van der Waals surface area (Å²) in [5.74, 6) is -2.53. The molecule has 1 amide bonds. The van der Waals surface area contributed by atoms with E-state index in [1.807, 2.05) is 0 Å². The van der Waals surface area contributed by atoms with Crippen LogP contribution in [-0.2, 0) is 0 Å². The van der Waals surface area contributed by atoms with Crippen LogP contribution in [0.25, 0.3) is 0 Å². The first-order chi connectivity index (χ1) is 8.97. The van der Waals surface area contributed by atoms with Gasteiger partial charge in [-0.3, -0.25) is 9.89 Å². The average Bonchev–Trinajstić information content (AvgIpc) is 2.78. The Bertz CT molecular complexity index is 651. The van der Waals surface area contributed by atoms with Crippen LogP contribution in [0.1, 0.15) is 21.0 Å². The molecule has 0 bridgehead atoms. The van der Waals surface area contributed by atoms with Crippen LogP contribution in [0.2, 0.25) is 0 Å². The number of hydrogen-bond acceptors (Lipinski definition) is 6. The summed E-state index contributed by atoms with van der Waals surface area (Å²) in [4.78, 5) is 26.1. The van der Waals surface area contributed by atoms with Crippen LogP contribution < -0.4 is 11.1 Å². The minimum atomic E-state index is -1.31. The van der Waals surface area contributed by atoms with E-state index in [1.54, 1.807) is 0 Å². The van der Waals surface area contributed by atoms with Gasteiger partial charge in [0.1, 0.15) is 11.3 Å². The van der Waals surface area contributed by atoms with Crippen LogP contribution in [0.4, 0.5) is 11.6 Å². The fourth-order valence-electron chi connectivity index (χ4n) is 1.35. The van der Waals surface area contributed by atoms with Gasteiger partial charge in [0, 0.05) is 5.69 Å². The van der Waals surface area contributed by atoms with E-state index in [0.29, 0.717) is 0 Å². The summed E-state index contributed by atoms with van der Waals surface area (Å²) in [5, 5.41) is 26.3. The fourth-order valence-corrected chi connectivity index (χ4v) is 1.35. The highest BCUT2D eigenvalue weighted by Crippen LogP contribution is 2.21. The molecular formula is C10H9N5O4. The number of aromatic amines is 1. The predicted molar refractivity (Wildman–Crippen MR) is 63.8 cm³/mol. The molecule has 0 spiro atoms. The van der Waals surface area contributed by atoms with Gasteiger partial charge in [-0.25, -0.2) is 4.79 Å².